The summed E-state index contributed by atoms with van der Waals surface area (Å²) in [6.07, 6.45) is 7.58. The van der Waals surface area contributed by atoms with Gasteiger partial charge in [0.25, 0.3) is 0 Å². The molecule has 3 nitrogen and oxygen atoms in total. The molecule has 1 unspecified atom stereocenters. The van der Waals surface area contributed by atoms with Crippen LogP contribution in [0.25, 0.3) is 0 Å². The van der Waals surface area contributed by atoms with E-state index < -0.39 is 0 Å². The van der Waals surface area contributed by atoms with Crippen molar-refractivity contribution in [3.8, 4) is 11.5 Å². The molecule has 3 heteroatoms. The van der Waals surface area contributed by atoms with Crippen LogP contribution in [0.5, 0.6) is 11.5 Å². The number of hydrogen-bond donors (Lipinski definition) is 1. The van der Waals surface area contributed by atoms with Gasteiger partial charge in [0.2, 0.25) is 0 Å². The first-order chi connectivity index (χ1) is 9.33. The third kappa shape index (κ3) is 3.74. The lowest BCUT2D eigenvalue weighted by Crippen LogP contribution is -2.19. The number of rotatable bonds is 7. The number of nitrogens with two attached hydrogens (primary N) is 1. The predicted molar refractivity (Wildman–Crippen MR) is 77.6 cm³/mol. The van der Waals surface area contributed by atoms with Crippen LogP contribution in [-0.4, -0.2) is 13.2 Å². The minimum atomic E-state index is 0.0281. The molecule has 0 aliphatic carbocycles. The van der Waals surface area contributed by atoms with Crippen molar-refractivity contribution >= 4 is 0 Å². The minimum Gasteiger partial charge on any atom is -0.486 e. The van der Waals surface area contributed by atoms with Crippen LogP contribution < -0.4 is 15.2 Å². The van der Waals surface area contributed by atoms with Gasteiger partial charge in [0.05, 0.1) is 0 Å². The third-order valence-electron chi connectivity index (χ3n) is 3.42. The largest absolute Gasteiger partial charge is 0.486 e. The van der Waals surface area contributed by atoms with Gasteiger partial charge in [-0.15, -0.1) is 6.58 Å². The molecule has 0 amide bonds. The van der Waals surface area contributed by atoms with Gasteiger partial charge in [-0.05, 0) is 25.3 Å². The van der Waals surface area contributed by atoms with Gasteiger partial charge in [-0.1, -0.05) is 31.1 Å². The standard InChI is InChI=1S/C16H23NO2/c1-2-3-4-5-6-9-14(17)13-8-7-10-15-16(13)19-12-11-18-15/h2,7-8,10,14H,1,3-6,9,11-12,17H2. The van der Waals surface area contributed by atoms with E-state index in [9.17, 15) is 0 Å². The van der Waals surface area contributed by atoms with E-state index >= 15 is 0 Å². The zero-order valence-electron chi connectivity index (χ0n) is 11.4. The maximum Gasteiger partial charge on any atom is 0.166 e. The summed E-state index contributed by atoms with van der Waals surface area (Å²) < 4.78 is 11.3. The van der Waals surface area contributed by atoms with Crippen molar-refractivity contribution in [3.63, 3.8) is 0 Å². The molecule has 1 aliphatic rings. The lowest BCUT2D eigenvalue weighted by atomic mass is 9.99. The smallest absolute Gasteiger partial charge is 0.166 e. The molecular formula is C16H23NO2. The van der Waals surface area contributed by atoms with E-state index in [-0.39, 0.29) is 6.04 Å². The van der Waals surface area contributed by atoms with Crippen molar-refractivity contribution in [1.29, 1.82) is 0 Å². The van der Waals surface area contributed by atoms with Crippen molar-refractivity contribution < 1.29 is 9.47 Å². The van der Waals surface area contributed by atoms with Crippen LogP contribution in [0.3, 0.4) is 0 Å². The number of fused-ring (bicyclic) bond motifs is 1. The van der Waals surface area contributed by atoms with Crippen molar-refractivity contribution in [1.82, 2.24) is 0 Å². The number of para-hydroxylation sites is 1. The van der Waals surface area contributed by atoms with Gasteiger partial charge >= 0.3 is 0 Å². The van der Waals surface area contributed by atoms with Crippen LogP contribution >= 0.6 is 0 Å². The van der Waals surface area contributed by atoms with Crippen molar-refractivity contribution in [2.24, 2.45) is 5.73 Å². The maximum absolute atomic E-state index is 6.28. The summed E-state index contributed by atoms with van der Waals surface area (Å²) in [6, 6.07) is 6.00. The fraction of sp³-hybridized carbons (Fsp3) is 0.500. The van der Waals surface area contributed by atoms with Crippen molar-refractivity contribution in [2.75, 3.05) is 13.2 Å². The molecule has 1 aliphatic heterocycles. The van der Waals surface area contributed by atoms with Gasteiger partial charge in [0.1, 0.15) is 13.2 Å². The predicted octanol–water partition coefficient (Wildman–Crippen LogP) is 3.59. The number of hydrogen-bond acceptors (Lipinski definition) is 3. The second kappa shape index (κ2) is 7.19. The fourth-order valence-corrected chi connectivity index (χ4v) is 2.37. The maximum atomic E-state index is 6.28. The molecule has 2 rings (SSSR count). The molecule has 1 aromatic carbocycles. The van der Waals surface area contributed by atoms with Crippen LogP contribution in [0.2, 0.25) is 0 Å². The average molecular weight is 261 g/mol. The Morgan fingerprint density at radius 1 is 1.21 bits per heavy atom. The zero-order chi connectivity index (χ0) is 13.5. The Bertz CT molecular complexity index is 417. The highest BCUT2D eigenvalue weighted by atomic mass is 16.6. The Kier molecular flexibility index (Phi) is 5.28. The van der Waals surface area contributed by atoms with Crippen LogP contribution in [0.1, 0.15) is 43.7 Å². The molecule has 1 aromatic rings. The van der Waals surface area contributed by atoms with Gasteiger partial charge in [0.15, 0.2) is 11.5 Å². The molecule has 2 N–H and O–H groups in total. The van der Waals surface area contributed by atoms with Gasteiger partial charge in [-0.3, -0.25) is 0 Å². The summed E-state index contributed by atoms with van der Waals surface area (Å²) in [5.41, 5.74) is 7.35. The normalized spacial score (nSPS) is 15.0. The second-order valence-corrected chi connectivity index (χ2v) is 4.90. The van der Waals surface area contributed by atoms with Crippen molar-refractivity contribution in [3.05, 3.63) is 36.4 Å². The molecule has 0 aromatic heterocycles. The van der Waals surface area contributed by atoms with Gasteiger partial charge < -0.3 is 15.2 Å². The molecule has 104 valence electrons. The Morgan fingerprint density at radius 3 is 2.89 bits per heavy atom. The summed E-state index contributed by atoms with van der Waals surface area (Å²) in [6.45, 7) is 4.96. The lowest BCUT2D eigenvalue weighted by Gasteiger charge is -2.23. The molecule has 0 fully saturated rings. The molecule has 0 saturated carbocycles. The summed E-state index contributed by atoms with van der Waals surface area (Å²) in [5, 5.41) is 0. The van der Waals surface area contributed by atoms with E-state index in [4.69, 9.17) is 15.2 Å². The van der Waals surface area contributed by atoms with Gasteiger partial charge in [-0.25, -0.2) is 0 Å². The van der Waals surface area contributed by atoms with E-state index in [0.717, 1.165) is 36.3 Å². The van der Waals surface area contributed by atoms with E-state index in [1.165, 1.54) is 12.8 Å². The third-order valence-corrected chi connectivity index (χ3v) is 3.42. The highest BCUT2D eigenvalue weighted by Crippen LogP contribution is 2.37. The lowest BCUT2D eigenvalue weighted by molar-refractivity contribution is 0.169. The number of unbranched alkanes of at least 4 members (excludes halogenated alkanes) is 3. The number of benzene rings is 1. The second-order valence-electron chi connectivity index (χ2n) is 4.90. The molecular weight excluding hydrogens is 238 g/mol. The minimum absolute atomic E-state index is 0.0281. The Labute approximate surface area is 115 Å². The Hall–Kier alpha value is -1.48. The van der Waals surface area contributed by atoms with Crippen LogP contribution in [0.4, 0.5) is 0 Å². The van der Waals surface area contributed by atoms with Gasteiger partial charge in [0, 0.05) is 11.6 Å². The topological polar surface area (TPSA) is 44.5 Å². The quantitative estimate of drug-likeness (QED) is 0.602. The average Bonchev–Trinajstić information content (AvgIpc) is 2.46. The summed E-state index contributed by atoms with van der Waals surface area (Å²) in [7, 11) is 0. The molecule has 0 saturated heterocycles. The monoisotopic (exact) mass is 261 g/mol. The van der Waals surface area contributed by atoms with E-state index in [1.807, 2.05) is 24.3 Å². The SMILES string of the molecule is C=CCCCCCC(N)c1cccc2c1OCCO2. The van der Waals surface area contributed by atoms with Crippen molar-refractivity contribution in [2.45, 2.75) is 38.1 Å². The Morgan fingerprint density at radius 2 is 2.05 bits per heavy atom. The highest BCUT2D eigenvalue weighted by molar-refractivity contribution is 5.48. The first-order valence-corrected chi connectivity index (χ1v) is 7.08. The first-order valence-electron chi connectivity index (χ1n) is 7.08. The molecule has 19 heavy (non-hydrogen) atoms. The van der Waals surface area contributed by atoms with Crippen LogP contribution in [-0.2, 0) is 0 Å². The van der Waals surface area contributed by atoms with Crippen LogP contribution in [0.15, 0.2) is 30.9 Å². The molecule has 0 radical (unpaired) electrons. The van der Waals surface area contributed by atoms with Gasteiger partial charge in [-0.2, -0.15) is 0 Å². The molecule has 1 heterocycles. The van der Waals surface area contributed by atoms with Crippen LogP contribution in [0, 0.1) is 0 Å². The Balaban J connectivity index is 1.91. The number of allylic oxidation sites excluding steroid dienone is 1. The zero-order valence-corrected chi connectivity index (χ0v) is 11.4. The fourth-order valence-electron chi connectivity index (χ4n) is 2.37. The van der Waals surface area contributed by atoms with E-state index in [2.05, 4.69) is 6.58 Å². The highest BCUT2D eigenvalue weighted by Gasteiger charge is 2.19. The molecule has 0 spiro atoms. The summed E-state index contributed by atoms with van der Waals surface area (Å²) in [4.78, 5) is 0. The first kappa shape index (κ1) is 13.9. The molecule has 1 atom stereocenters. The summed E-state index contributed by atoms with van der Waals surface area (Å²) in [5.74, 6) is 1.66. The van der Waals surface area contributed by atoms with E-state index in [0.29, 0.717) is 13.2 Å². The van der Waals surface area contributed by atoms with E-state index in [1.54, 1.807) is 0 Å². The number of ether oxygens (including phenoxy) is 2. The summed E-state index contributed by atoms with van der Waals surface area (Å²) >= 11 is 0. The molecule has 0 bridgehead atoms.